The van der Waals surface area contributed by atoms with Crippen molar-refractivity contribution in [2.45, 2.75) is 24.0 Å². The van der Waals surface area contributed by atoms with Crippen LogP contribution < -0.4 is 10.5 Å². The number of carboxylic acid groups (broad SMARTS) is 1. The number of pyridine rings is 1. The van der Waals surface area contributed by atoms with Crippen LogP contribution in [0.1, 0.15) is 6.92 Å². The number of carboxylic acids is 1. The van der Waals surface area contributed by atoms with Crippen LogP contribution in [0.4, 0.5) is 11.5 Å². The molecule has 0 aliphatic heterocycles. The van der Waals surface area contributed by atoms with Crippen molar-refractivity contribution in [1.29, 1.82) is 0 Å². The smallest absolute Gasteiger partial charge is 0.324 e. The van der Waals surface area contributed by atoms with Crippen molar-refractivity contribution in [3.05, 3.63) is 22.4 Å². The Balaban J connectivity index is 3.22. The second kappa shape index (κ2) is 5.99. The summed E-state index contributed by atoms with van der Waals surface area (Å²) in [5.41, 5.74) is 4.49. The van der Waals surface area contributed by atoms with Gasteiger partial charge in [-0.25, -0.2) is 13.4 Å². The van der Waals surface area contributed by atoms with Gasteiger partial charge in [0.1, 0.15) is 10.9 Å². The minimum absolute atomic E-state index is 0.482. The fourth-order valence-corrected chi connectivity index (χ4v) is 2.56. The van der Waals surface area contributed by atoms with E-state index >= 15 is 0 Å². The number of anilines is 1. The number of nitrogen functional groups attached to an aromatic ring is 1. The third-order valence-electron chi connectivity index (χ3n) is 2.41. The average molecular weight is 320 g/mol. The highest BCUT2D eigenvalue weighted by atomic mass is 32.2. The topological polar surface area (TPSA) is 186 Å². The molecule has 1 aromatic heterocycles. The highest BCUT2D eigenvalue weighted by Gasteiger charge is 2.30. The summed E-state index contributed by atoms with van der Waals surface area (Å²) in [6, 6.07) is -1.17. The van der Waals surface area contributed by atoms with Gasteiger partial charge in [-0.05, 0) is 6.92 Å². The molecule has 5 N–H and O–H groups in total. The van der Waals surface area contributed by atoms with Gasteiger partial charge >= 0.3 is 11.7 Å². The van der Waals surface area contributed by atoms with Crippen molar-refractivity contribution in [2.75, 3.05) is 5.73 Å². The molecule has 116 valence electrons. The van der Waals surface area contributed by atoms with Crippen LogP contribution in [0.15, 0.2) is 17.2 Å². The van der Waals surface area contributed by atoms with Crippen LogP contribution in [-0.4, -0.2) is 46.7 Å². The molecular weight excluding hydrogens is 308 g/mol. The first kappa shape index (κ1) is 16.7. The molecule has 0 fully saturated rings. The summed E-state index contributed by atoms with van der Waals surface area (Å²) in [6.45, 7) is 1.07. The Morgan fingerprint density at radius 3 is 2.57 bits per heavy atom. The van der Waals surface area contributed by atoms with Crippen molar-refractivity contribution in [2.24, 2.45) is 0 Å². The van der Waals surface area contributed by atoms with Crippen LogP contribution >= 0.6 is 0 Å². The summed E-state index contributed by atoms with van der Waals surface area (Å²) in [6.07, 6.45) is -0.778. The highest BCUT2D eigenvalue weighted by molar-refractivity contribution is 7.89. The normalized spacial score (nSPS) is 14.4. The number of sulfonamides is 1. The first-order chi connectivity index (χ1) is 9.56. The minimum Gasteiger partial charge on any atom is -0.480 e. The molecule has 0 aromatic carbocycles. The maximum atomic E-state index is 11.9. The number of nitrogens with two attached hydrogens (primary N) is 1. The number of hydrogen-bond acceptors (Lipinski definition) is 8. The zero-order valence-corrected chi connectivity index (χ0v) is 11.4. The Morgan fingerprint density at radius 1 is 1.57 bits per heavy atom. The van der Waals surface area contributed by atoms with E-state index in [1.807, 2.05) is 0 Å². The lowest BCUT2D eigenvalue weighted by atomic mass is 10.2. The van der Waals surface area contributed by atoms with Crippen molar-refractivity contribution >= 4 is 27.5 Å². The zero-order chi connectivity index (χ0) is 16.4. The summed E-state index contributed by atoms with van der Waals surface area (Å²) in [7, 11) is -4.44. The fourth-order valence-electron chi connectivity index (χ4n) is 1.33. The molecule has 12 heteroatoms. The molecule has 0 saturated heterocycles. The predicted octanol–water partition coefficient (Wildman–Crippen LogP) is -1.32. The highest BCUT2D eigenvalue weighted by Crippen LogP contribution is 2.22. The van der Waals surface area contributed by atoms with E-state index in [2.05, 4.69) is 4.98 Å². The fraction of sp³-hybridized carbons (Fsp3) is 0.333. The van der Waals surface area contributed by atoms with Crippen LogP contribution in [0.2, 0.25) is 0 Å². The van der Waals surface area contributed by atoms with Gasteiger partial charge in [0.2, 0.25) is 15.8 Å². The number of carbonyl (C=O) groups is 1. The Kier molecular flexibility index (Phi) is 4.77. The molecule has 11 nitrogen and oxygen atoms in total. The van der Waals surface area contributed by atoms with Gasteiger partial charge < -0.3 is 15.9 Å². The summed E-state index contributed by atoms with van der Waals surface area (Å²) < 4.78 is 25.6. The molecule has 0 saturated carbocycles. The molecule has 1 aromatic rings. The summed E-state index contributed by atoms with van der Waals surface area (Å²) in [4.78, 5) is 23.3. The Bertz CT molecular complexity index is 673. The van der Waals surface area contributed by atoms with Crippen LogP contribution in [0.5, 0.6) is 0 Å². The van der Waals surface area contributed by atoms with Gasteiger partial charge in [0.25, 0.3) is 0 Å². The number of nitro groups is 1. The Labute approximate surface area is 118 Å². The minimum atomic E-state index is -4.44. The van der Waals surface area contributed by atoms with E-state index in [0.717, 1.165) is 13.1 Å². The molecule has 0 amide bonds. The molecule has 2 atom stereocenters. The third kappa shape index (κ3) is 3.84. The van der Waals surface area contributed by atoms with Gasteiger partial charge in [0, 0.05) is 12.3 Å². The van der Waals surface area contributed by atoms with Gasteiger partial charge in [-0.3, -0.25) is 14.9 Å². The molecule has 0 bridgehead atoms. The van der Waals surface area contributed by atoms with Crippen molar-refractivity contribution < 1.29 is 28.3 Å². The first-order valence-corrected chi connectivity index (χ1v) is 6.87. The number of aromatic nitrogens is 1. The average Bonchev–Trinajstić information content (AvgIpc) is 2.35. The second-order valence-electron chi connectivity index (χ2n) is 4.01. The van der Waals surface area contributed by atoms with E-state index in [9.17, 15) is 28.4 Å². The maximum Gasteiger partial charge on any atom is 0.324 e. The lowest BCUT2D eigenvalue weighted by molar-refractivity contribution is -0.384. The zero-order valence-electron chi connectivity index (χ0n) is 10.6. The van der Waals surface area contributed by atoms with Gasteiger partial charge in [-0.2, -0.15) is 4.72 Å². The lowest BCUT2D eigenvalue weighted by Crippen LogP contribution is -2.47. The standard InChI is InChI=1S/C9H12N4O7S/c1-4(14)7(9(15)16)12-21(19,20)5-2-6(13(17)18)8(10)11-3-5/h2-4,7,12,14H,1H3,(H2,10,11)(H,15,16). The van der Waals surface area contributed by atoms with Gasteiger partial charge in [0.15, 0.2) is 0 Å². The lowest BCUT2D eigenvalue weighted by Gasteiger charge is -2.16. The van der Waals surface area contributed by atoms with Gasteiger partial charge in [-0.1, -0.05) is 0 Å². The molecule has 0 aliphatic rings. The first-order valence-electron chi connectivity index (χ1n) is 5.39. The monoisotopic (exact) mass is 320 g/mol. The second-order valence-corrected chi connectivity index (χ2v) is 5.72. The maximum absolute atomic E-state index is 11.9. The molecule has 0 radical (unpaired) electrons. The van der Waals surface area contributed by atoms with E-state index < -0.39 is 49.5 Å². The molecule has 21 heavy (non-hydrogen) atoms. The number of aliphatic hydroxyl groups is 1. The number of nitrogens with one attached hydrogen (secondary N) is 1. The quantitative estimate of drug-likeness (QED) is 0.364. The van der Waals surface area contributed by atoms with Crippen LogP contribution in [-0.2, 0) is 14.8 Å². The van der Waals surface area contributed by atoms with Crippen molar-refractivity contribution in [3.63, 3.8) is 0 Å². The van der Waals surface area contributed by atoms with Crippen LogP contribution in [0.25, 0.3) is 0 Å². The number of hydrogen-bond donors (Lipinski definition) is 4. The molecular formula is C9H12N4O7S. The number of rotatable bonds is 6. The number of aliphatic hydroxyl groups excluding tert-OH is 1. The largest absolute Gasteiger partial charge is 0.480 e. The summed E-state index contributed by atoms with van der Waals surface area (Å²) in [5, 5.41) is 28.7. The van der Waals surface area contributed by atoms with E-state index in [0.29, 0.717) is 6.07 Å². The summed E-state index contributed by atoms with van der Waals surface area (Å²) >= 11 is 0. The van der Waals surface area contributed by atoms with Crippen molar-refractivity contribution in [1.82, 2.24) is 9.71 Å². The predicted molar refractivity (Wildman–Crippen MR) is 68.7 cm³/mol. The molecule has 1 rings (SSSR count). The van der Waals surface area contributed by atoms with Crippen LogP contribution in [0.3, 0.4) is 0 Å². The van der Waals surface area contributed by atoms with Gasteiger partial charge in [0.05, 0.1) is 11.0 Å². The van der Waals surface area contributed by atoms with E-state index in [-0.39, 0.29) is 0 Å². The Hall–Kier alpha value is -2.31. The van der Waals surface area contributed by atoms with Gasteiger partial charge in [-0.15, -0.1) is 0 Å². The number of aliphatic carboxylic acids is 1. The third-order valence-corrected chi connectivity index (χ3v) is 3.82. The Morgan fingerprint density at radius 2 is 2.14 bits per heavy atom. The van der Waals surface area contributed by atoms with E-state index in [1.54, 1.807) is 4.72 Å². The number of nitrogens with zero attached hydrogens (tertiary/aromatic N) is 2. The molecule has 0 spiro atoms. The van der Waals surface area contributed by atoms with E-state index in [4.69, 9.17) is 10.8 Å². The van der Waals surface area contributed by atoms with Crippen molar-refractivity contribution in [3.8, 4) is 0 Å². The SMILES string of the molecule is CC(O)C(NS(=O)(=O)c1cnc(N)c([N+](=O)[O-])c1)C(=O)O. The molecule has 2 unspecified atom stereocenters. The molecule has 1 heterocycles. The molecule has 0 aliphatic carbocycles. The van der Waals surface area contributed by atoms with Crippen LogP contribution in [0, 0.1) is 10.1 Å². The summed E-state index contributed by atoms with van der Waals surface area (Å²) in [5.74, 6) is -2.09. The van der Waals surface area contributed by atoms with E-state index in [1.165, 1.54) is 0 Å².